The van der Waals surface area contributed by atoms with Crippen molar-refractivity contribution in [3.8, 4) is 0 Å². The number of hydrogen-bond acceptors (Lipinski definition) is 11. The van der Waals surface area contributed by atoms with Crippen molar-refractivity contribution in [1.29, 1.82) is 0 Å². The molecular formula is C41H72O11. The summed E-state index contributed by atoms with van der Waals surface area (Å²) in [6.45, 7) is 30.9. The SMILES string of the molecule is CC[C@H]1OC(=O)[C@H](C)[C@@H](OC2CC(C)(C)[C@@H](C)[C@H](C)O2)[C@H](C)[C@@H](OC2O[C@H](C)C[C@H](C)[C@H]2C)C(C)(C)C[C@@H](C)[C@H](OC=O)[C@H](C)[C@@H](OC=O)[C@]1(C)O. The van der Waals surface area contributed by atoms with E-state index < -0.39 is 71.9 Å². The first-order chi connectivity index (χ1) is 24.0. The molecule has 52 heavy (non-hydrogen) atoms. The van der Waals surface area contributed by atoms with Gasteiger partial charge in [0.15, 0.2) is 12.6 Å². The number of carbonyl (C=O) groups is 3. The number of aliphatic hydroxyl groups is 1. The van der Waals surface area contributed by atoms with Crippen molar-refractivity contribution in [2.24, 2.45) is 52.3 Å². The van der Waals surface area contributed by atoms with Gasteiger partial charge in [0.2, 0.25) is 0 Å². The van der Waals surface area contributed by atoms with Crippen molar-refractivity contribution in [2.75, 3.05) is 0 Å². The third-order valence-corrected chi connectivity index (χ3v) is 13.3. The van der Waals surface area contributed by atoms with Gasteiger partial charge in [0.05, 0.1) is 30.3 Å². The third kappa shape index (κ3) is 9.89. The van der Waals surface area contributed by atoms with E-state index in [9.17, 15) is 19.5 Å². The van der Waals surface area contributed by atoms with Crippen LogP contribution >= 0.6 is 0 Å². The number of cyclic esters (lactones) is 1. The van der Waals surface area contributed by atoms with Gasteiger partial charge >= 0.3 is 5.97 Å². The standard InChI is InChI=1S/C41H72O11/c1-16-31-41(15,45)36(47-21-43)26(6)33(46-20-42)23(3)18-40(13,14)35(52-38-25(5)22(2)17-24(4)48-38)27(7)34(28(8)37(44)50-31)51-32-19-39(11,12)29(9)30(10)49-32/h20-36,38,45H,16-19H2,1-15H3/t22-,23+,24+,25+,26-,27-,28+,29-,30-,31+,32?,33-,34-,35+,36+,38?,41+/m0/s1. The van der Waals surface area contributed by atoms with Crippen molar-refractivity contribution in [2.45, 2.75) is 190 Å². The van der Waals surface area contributed by atoms with E-state index >= 15 is 0 Å². The fourth-order valence-corrected chi connectivity index (χ4v) is 9.63. The van der Waals surface area contributed by atoms with Gasteiger partial charge < -0.3 is 38.3 Å². The molecular weight excluding hydrogens is 668 g/mol. The summed E-state index contributed by atoms with van der Waals surface area (Å²) in [5.74, 6) is -1.94. The van der Waals surface area contributed by atoms with Crippen molar-refractivity contribution in [3.63, 3.8) is 0 Å². The lowest BCUT2D eigenvalue weighted by atomic mass is 9.68. The summed E-state index contributed by atoms with van der Waals surface area (Å²) >= 11 is 0. The van der Waals surface area contributed by atoms with Crippen molar-refractivity contribution < 1.29 is 52.6 Å². The van der Waals surface area contributed by atoms with E-state index in [1.807, 2.05) is 6.92 Å². The predicted octanol–water partition coefficient (Wildman–Crippen LogP) is 7.09. The predicted molar refractivity (Wildman–Crippen MR) is 197 cm³/mol. The minimum Gasteiger partial charge on any atom is -0.464 e. The molecule has 3 aliphatic rings. The first-order valence-corrected chi connectivity index (χ1v) is 19.8. The van der Waals surface area contributed by atoms with Crippen molar-refractivity contribution in [3.05, 3.63) is 0 Å². The molecule has 0 aromatic carbocycles. The van der Waals surface area contributed by atoms with Crippen LogP contribution in [0.2, 0.25) is 0 Å². The topological polar surface area (TPSA) is 136 Å². The number of hydrogen-bond donors (Lipinski definition) is 1. The second kappa shape index (κ2) is 17.8. The Morgan fingerprint density at radius 1 is 0.750 bits per heavy atom. The Morgan fingerprint density at radius 3 is 1.90 bits per heavy atom. The average Bonchev–Trinajstić information content (AvgIpc) is 3.04. The summed E-state index contributed by atoms with van der Waals surface area (Å²) in [5.41, 5.74) is -2.51. The molecule has 0 aromatic rings. The van der Waals surface area contributed by atoms with Gasteiger partial charge in [-0.2, -0.15) is 0 Å². The molecule has 3 aliphatic heterocycles. The maximum Gasteiger partial charge on any atom is 0.311 e. The van der Waals surface area contributed by atoms with Crippen LogP contribution in [0.4, 0.5) is 0 Å². The van der Waals surface area contributed by atoms with Crippen LogP contribution in [0.5, 0.6) is 0 Å². The Balaban J connectivity index is 2.23. The van der Waals surface area contributed by atoms with Crippen LogP contribution in [0.3, 0.4) is 0 Å². The van der Waals surface area contributed by atoms with E-state index in [2.05, 4.69) is 69.2 Å². The molecule has 0 aliphatic carbocycles. The van der Waals surface area contributed by atoms with Gasteiger partial charge in [0.25, 0.3) is 12.9 Å². The molecule has 11 nitrogen and oxygen atoms in total. The lowest BCUT2D eigenvalue weighted by Crippen LogP contribution is -2.59. The maximum absolute atomic E-state index is 14.3. The molecule has 0 aromatic heterocycles. The lowest BCUT2D eigenvalue weighted by Gasteiger charge is -2.50. The highest BCUT2D eigenvalue weighted by molar-refractivity contribution is 5.73. The molecule has 3 saturated heterocycles. The number of esters is 1. The Kier molecular flexibility index (Phi) is 15.2. The molecule has 2 unspecified atom stereocenters. The Bertz CT molecular complexity index is 1170. The molecule has 0 spiro atoms. The Hall–Kier alpha value is -1.79. The van der Waals surface area contributed by atoms with E-state index in [4.69, 9.17) is 33.2 Å². The molecule has 3 fully saturated rings. The first-order valence-electron chi connectivity index (χ1n) is 19.8. The summed E-state index contributed by atoms with van der Waals surface area (Å²) in [7, 11) is 0. The van der Waals surface area contributed by atoms with Crippen LogP contribution in [0.1, 0.15) is 130 Å². The van der Waals surface area contributed by atoms with Gasteiger partial charge in [0.1, 0.15) is 23.9 Å². The third-order valence-electron chi connectivity index (χ3n) is 13.3. The summed E-state index contributed by atoms with van der Waals surface area (Å²) in [6.07, 6.45) is -3.08. The minimum absolute atomic E-state index is 0.00842. The monoisotopic (exact) mass is 741 g/mol. The second-order valence-corrected chi connectivity index (χ2v) is 18.4. The summed E-state index contributed by atoms with van der Waals surface area (Å²) < 4.78 is 44.5. The number of rotatable bonds is 9. The molecule has 0 bridgehead atoms. The maximum atomic E-state index is 14.3. The van der Waals surface area contributed by atoms with Crippen LogP contribution in [0, 0.1) is 52.3 Å². The molecule has 0 radical (unpaired) electrons. The van der Waals surface area contributed by atoms with Crippen LogP contribution in [0.25, 0.3) is 0 Å². The molecule has 3 rings (SSSR count). The molecule has 1 N–H and O–H groups in total. The van der Waals surface area contributed by atoms with Crippen LogP contribution < -0.4 is 0 Å². The second-order valence-electron chi connectivity index (χ2n) is 18.4. The van der Waals surface area contributed by atoms with Gasteiger partial charge in [-0.3, -0.25) is 14.4 Å². The van der Waals surface area contributed by atoms with E-state index in [0.717, 1.165) is 6.42 Å². The highest BCUT2D eigenvalue weighted by Gasteiger charge is 2.53. The molecule has 0 saturated carbocycles. The normalized spacial score (nSPS) is 46.3. The minimum atomic E-state index is -1.83. The molecule has 0 amide bonds. The van der Waals surface area contributed by atoms with Gasteiger partial charge in [-0.1, -0.05) is 76.2 Å². The molecule has 17 atom stereocenters. The van der Waals surface area contributed by atoms with Crippen molar-refractivity contribution >= 4 is 18.9 Å². The molecule has 3 heterocycles. The fraction of sp³-hybridized carbons (Fsp3) is 0.927. The smallest absolute Gasteiger partial charge is 0.311 e. The molecule has 11 heteroatoms. The highest BCUT2D eigenvalue weighted by Crippen LogP contribution is 2.46. The van der Waals surface area contributed by atoms with E-state index in [1.165, 1.54) is 6.92 Å². The Labute approximate surface area is 313 Å². The van der Waals surface area contributed by atoms with Gasteiger partial charge in [-0.05, 0) is 75.5 Å². The quantitative estimate of drug-likeness (QED) is 0.147. The fourth-order valence-electron chi connectivity index (χ4n) is 9.63. The summed E-state index contributed by atoms with van der Waals surface area (Å²) in [4.78, 5) is 38.2. The van der Waals surface area contributed by atoms with Crippen LogP contribution in [-0.2, 0) is 47.5 Å². The number of ether oxygens (including phenoxy) is 7. The van der Waals surface area contributed by atoms with Crippen LogP contribution in [-0.4, -0.2) is 84.9 Å². The largest absolute Gasteiger partial charge is 0.464 e. The first kappa shape index (κ1) is 44.6. The van der Waals surface area contributed by atoms with E-state index in [0.29, 0.717) is 31.1 Å². The lowest BCUT2D eigenvalue weighted by molar-refractivity contribution is -0.294. The van der Waals surface area contributed by atoms with E-state index in [1.54, 1.807) is 20.8 Å². The Morgan fingerprint density at radius 2 is 1.35 bits per heavy atom. The van der Waals surface area contributed by atoms with Crippen molar-refractivity contribution in [1.82, 2.24) is 0 Å². The average molecular weight is 741 g/mol. The van der Waals surface area contributed by atoms with Gasteiger partial charge in [0, 0.05) is 24.2 Å². The summed E-state index contributed by atoms with van der Waals surface area (Å²) in [5, 5.41) is 12.1. The number of carbonyl (C=O) groups excluding carboxylic acids is 3. The van der Waals surface area contributed by atoms with Gasteiger partial charge in [-0.25, -0.2) is 0 Å². The highest BCUT2D eigenvalue weighted by atomic mass is 16.7. The zero-order chi connectivity index (χ0) is 39.5. The van der Waals surface area contributed by atoms with E-state index in [-0.39, 0.29) is 48.3 Å². The zero-order valence-electron chi connectivity index (χ0n) is 34.8. The summed E-state index contributed by atoms with van der Waals surface area (Å²) in [6, 6.07) is 0. The zero-order valence-corrected chi connectivity index (χ0v) is 34.8. The van der Waals surface area contributed by atoms with Gasteiger partial charge in [-0.15, -0.1) is 0 Å². The molecule has 302 valence electrons. The van der Waals surface area contributed by atoms with Crippen LogP contribution in [0.15, 0.2) is 0 Å².